The first-order valence-electron chi connectivity index (χ1n) is 6.15. The highest BCUT2D eigenvalue weighted by atomic mass is 127. The number of carbonyl (C=O) groups excluding carboxylic acids is 2. The smallest absolute Gasteiger partial charge is 0.221 e. The highest BCUT2D eigenvalue weighted by molar-refractivity contribution is 14.1. The number of carbonyl (C=O) groups is 2. The number of hydrogen-bond acceptors (Lipinski definition) is 3. The Morgan fingerprint density at radius 1 is 1.17 bits per heavy atom. The zero-order chi connectivity index (χ0) is 14.4. The quantitative estimate of drug-likeness (QED) is 0.427. The van der Waals surface area contributed by atoms with Gasteiger partial charge in [0.05, 0.1) is 15.8 Å². The van der Waals surface area contributed by atoms with E-state index in [1.807, 2.05) is 27.7 Å². The van der Waals surface area contributed by atoms with Crippen LogP contribution < -0.4 is 5.32 Å². The van der Waals surface area contributed by atoms with E-state index in [0.717, 1.165) is 6.42 Å². The molecule has 1 atom stereocenters. The lowest BCUT2D eigenvalue weighted by Crippen LogP contribution is -2.42. The summed E-state index contributed by atoms with van der Waals surface area (Å²) in [6, 6.07) is 0. The van der Waals surface area contributed by atoms with Gasteiger partial charge < -0.3 is 14.8 Å². The lowest BCUT2D eigenvalue weighted by atomic mass is 10.1. The maximum atomic E-state index is 11.6. The molecule has 4 nitrogen and oxygen atoms in total. The number of nitrogens with one attached hydrogen (secondary N) is 1. The number of ketones is 1. The van der Waals surface area contributed by atoms with Crippen molar-refractivity contribution in [3.63, 3.8) is 0 Å². The maximum absolute atomic E-state index is 11.6. The molecule has 0 bridgehead atoms. The summed E-state index contributed by atoms with van der Waals surface area (Å²) < 4.78 is 5.30. The highest BCUT2D eigenvalue weighted by Gasteiger charge is 2.23. The van der Waals surface area contributed by atoms with Crippen molar-refractivity contribution in [3.05, 3.63) is 0 Å². The predicted molar refractivity (Wildman–Crippen MR) is 80.8 cm³/mol. The molecule has 0 rings (SSSR count). The summed E-state index contributed by atoms with van der Waals surface area (Å²) in [6.07, 6.45) is 1.29. The summed E-state index contributed by atoms with van der Waals surface area (Å²) >= 11 is 2.20. The molecule has 0 radical (unpaired) electrons. The van der Waals surface area contributed by atoms with Crippen LogP contribution in [0.25, 0.3) is 0 Å². The predicted octanol–water partition coefficient (Wildman–Crippen LogP) is 2.83. The number of rotatable bonds is 7. The van der Waals surface area contributed by atoms with Gasteiger partial charge >= 0.3 is 0 Å². The SMILES string of the molecule is CC(=O)CCC(=O)NC(C)(I)CCOC(C)(C)C. The van der Waals surface area contributed by atoms with E-state index in [1.165, 1.54) is 6.92 Å². The second kappa shape index (κ2) is 7.43. The molecule has 1 unspecified atom stereocenters. The van der Waals surface area contributed by atoms with Gasteiger partial charge in [-0.15, -0.1) is 0 Å². The van der Waals surface area contributed by atoms with Crippen LogP contribution in [0.15, 0.2) is 0 Å². The number of Topliss-reactive ketones (excluding diaryl/α,β-unsaturated/α-hetero) is 1. The van der Waals surface area contributed by atoms with Crippen LogP contribution in [0.4, 0.5) is 0 Å². The van der Waals surface area contributed by atoms with Crippen molar-refractivity contribution in [1.29, 1.82) is 0 Å². The minimum atomic E-state index is -0.336. The Labute approximate surface area is 123 Å². The van der Waals surface area contributed by atoms with Crippen molar-refractivity contribution in [1.82, 2.24) is 5.32 Å². The Bertz CT molecular complexity index is 295. The number of halogens is 1. The molecule has 0 aliphatic rings. The molecule has 0 aliphatic carbocycles. The van der Waals surface area contributed by atoms with E-state index in [9.17, 15) is 9.59 Å². The third-order valence-corrected chi connectivity index (χ3v) is 3.02. The minimum absolute atomic E-state index is 0.0383. The largest absolute Gasteiger partial charge is 0.376 e. The van der Waals surface area contributed by atoms with Crippen molar-refractivity contribution in [2.24, 2.45) is 0 Å². The summed E-state index contributed by atoms with van der Waals surface area (Å²) in [6.45, 7) is 10.0. The Morgan fingerprint density at radius 3 is 2.17 bits per heavy atom. The van der Waals surface area contributed by atoms with E-state index < -0.39 is 0 Å². The fourth-order valence-corrected chi connectivity index (χ4v) is 1.78. The van der Waals surface area contributed by atoms with Gasteiger partial charge in [0.25, 0.3) is 0 Å². The Balaban J connectivity index is 3.99. The van der Waals surface area contributed by atoms with Gasteiger partial charge in [0.1, 0.15) is 5.78 Å². The number of alkyl halides is 1. The lowest BCUT2D eigenvalue weighted by Gasteiger charge is -2.27. The molecular weight excluding hydrogens is 345 g/mol. The van der Waals surface area contributed by atoms with Crippen LogP contribution in [-0.2, 0) is 14.3 Å². The fourth-order valence-electron chi connectivity index (χ4n) is 1.25. The van der Waals surface area contributed by atoms with Crippen LogP contribution in [0.3, 0.4) is 0 Å². The average Bonchev–Trinajstić information content (AvgIpc) is 2.11. The van der Waals surface area contributed by atoms with Crippen molar-refractivity contribution >= 4 is 34.3 Å². The summed E-state index contributed by atoms with van der Waals surface area (Å²) in [5.41, 5.74) is -0.161. The molecule has 0 fully saturated rings. The van der Waals surface area contributed by atoms with Gasteiger partial charge in [0.2, 0.25) is 5.91 Å². The molecule has 1 N–H and O–H groups in total. The number of hydrogen-bond donors (Lipinski definition) is 1. The molecule has 0 aromatic carbocycles. The highest BCUT2D eigenvalue weighted by Crippen LogP contribution is 2.20. The van der Waals surface area contributed by atoms with Crippen LogP contribution in [0.1, 0.15) is 53.9 Å². The fraction of sp³-hybridized carbons (Fsp3) is 0.846. The Hall–Kier alpha value is -0.170. The van der Waals surface area contributed by atoms with Crippen molar-refractivity contribution in [2.45, 2.75) is 63.0 Å². The zero-order valence-electron chi connectivity index (χ0n) is 11.9. The van der Waals surface area contributed by atoms with Crippen molar-refractivity contribution in [3.8, 4) is 0 Å². The Kier molecular flexibility index (Phi) is 7.36. The second-order valence-corrected chi connectivity index (χ2v) is 8.04. The van der Waals surface area contributed by atoms with Gasteiger partial charge in [0.15, 0.2) is 0 Å². The minimum Gasteiger partial charge on any atom is -0.376 e. The average molecular weight is 369 g/mol. The number of amides is 1. The van der Waals surface area contributed by atoms with Gasteiger partial charge in [-0.3, -0.25) is 4.79 Å². The van der Waals surface area contributed by atoms with E-state index in [-0.39, 0.29) is 27.3 Å². The van der Waals surface area contributed by atoms with Crippen LogP contribution in [0, 0.1) is 0 Å². The molecule has 5 heteroatoms. The van der Waals surface area contributed by atoms with Gasteiger partial charge in [-0.2, -0.15) is 0 Å². The van der Waals surface area contributed by atoms with Crippen LogP contribution in [0.2, 0.25) is 0 Å². The van der Waals surface area contributed by atoms with E-state index in [0.29, 0.717) is 13.0 Å². The molecular formula is C13H24INO3. The molecule has 0 aliphatic heterocycles. The summed E-state index contributed by atoms with van der Waals surface area (Å²) in [4.78, 5) is 22.4. The molecule has 0 saturated heterocycles. The molecule has 0 aromatic rings. The first kappa shape index (κ1) is 17.8. The van der Waals surface area contributed by atoms with Crippen molar-refractivity contribution < 1.29 is 14.3 Å². The summed E-state index contributed by atoms with van der Waals surface area (Å²) in [5.74, 6) is -0.0470. The molecule has 0 aromatic heterocycles. The van der Waals surface area contributed by atoms with Gasteiger partial charge in [0, 0.05) is 19.3 Å². The van der Waals surface area contributed by atoms with E-state index in [4.69, 9.17) is 4.74 Å². The van der Waals surface area contributed by atoms with E-state index in [1.54, 1.807) is 0 Å². The normalized spacial score (nSPS) is 15.0. The van der Waals surface area contributed by atoms with Gasteiger partial charge in [-0.25, -0.2) is 0 Å². The molecule has 106 valence electrons. The van der Waals surface area contributed by atoms with E-state index in [2.05, 4.69) is 27.9 Å². The molecule has 18 heavy (non-hydrogen) atoms. The lowest BCUT2D eigenvalue weighted by molar-refractivity contribution is -0.125. The molecule has 0 spiro atoms. The second-order valence-electron chi connectivity index (χ2n) is 5.66. The topological polar surface area (TPSA) is 55.4 Å². The molecule has 0 heterocycles. The molecule has 0 saturated carbocycles. The summed E-state index contributed by atoms with van der Waals surface area (Å²) in [7, 11) is 0. The Morgan fingerprint density at radius 2 is 1.72 bits per heavy atom. The molecule has 1 amide bonds. The van der Waals surface area contributed by atoms with E-state index >= 15 is 0 Å². The standard InChI is InChI=1S/C13H24INO3/c1-10(16)6-7-11(17)15-13(5,14)8-9-18-12(2,3)4/h6-9H2,1-5H3,(H,15,17). The maximum Gasteiger partial charge on any atom is 0.221 e. The zero-order valence-corrected chi connectivity index (χ0v) is 14.1. The van der Waals surface area contributed by atoms with Gasteiger partial charge in [-0.1, -0.05) is 22.6 Å². The first-order valence-corrected chi connectivity index (χ1v) is 7.23. The third-order valence-electron chi connectivity index (χ3n) is 2.21. The van der Waals surface area contributed by atoms with Gasteiger partial charge in [-0.05, 0) is 34.6 Å². The van der Waals surface area contributed by atoms with Crippen LogP contribution in [0.5, 0.6) is 0 Å². The van der Waals surface area contributed by atoms with Crippen LogP contribution in [-0.4, -0.2) is 27.4 Å². The first-order chi connectivity index (χ1) is 8.02. The third kappa shape index (κ3) is 11.0. The number of ether oxygens (including phenoxy) is 1. The van der Waals surface area contributed by atoms with Crippen molar-refractivity contribution in [2.75, 3.05) is 6.61 Å². The summed E-state index contributed by atoms with van der Waals surface area (Å²) in [5, 5.41) is 2.91. The van der Waals surface area contributed by atoms with Crippen LogP contribution >= 0.6 is 22.6 Å². The monoisotopic (exact) mass is 369 g/mol.